The van der Waals surface area contributed by atoms with Crippen molar-refractivity contribution in [1.29, 1.82) is 0 Å². The molecule has 0 spiro atoms. The Morgan fingerprint density at radius 1 is 1.50 bits per heavy atom. The predicted octanol–water partition coefficient (Wildman–Crippen LogP) is 1.84. The minimum atomic E-state index is -0.317. The van der Waals surface area contributed by atoms with E-state index in [9.17, 15) is 9.59 Å². The van der Waals surface area contributed by atoms with Crippen LogP contribution in [0.15, 0.2) is 11.6 Å². The fourth-order valence-corrected chi connectivity index (χ4v) is 1.98. The largest absolute Gasteiger partial charge is 0.469 e. The zero-order valence-electron chi connectivity index (χ0n) is 9.99. The van der Waals surface area contributed by atoms with Gasteiger partial charge >= 0.3 is 11.9 Å². The average molecular weight is 226 g/mol. The maximum Gasteiger partial charge on any atom is 0.309 e. The van der Waals surface area contributed by atoms with Crippen molar-refractivity contribution in [3.63, 3.8) is 0 Å². The van der Waals surface area contributed by atoms with Crippen molar-refractivity contribution in [3.8, 4) is 0 Å². The first-order valence-corrected chi connectivity index (χ1v) is 5.51. The van der Waals surface area contributed by atoms with Gasteiger partial charge in [0.2, 0.25) is 0 Å². The second kappa shape index (κ2) is 5.68. The van der Waals surface area contributed by atoms with Crippen molar-refractivity contribution in [1.82, 2.24) is 0 Å². The number of hydrogen-bond donors (Lipinski definition) is 0. The summed E-state index contributed by atoms with van der Waals surface area (Å²) in [5.41, 5.74) is 1.15. The lowest BCUT2D eigenvalue weighted by molar-refractivity contribution is -0.151. The Kier molecular flexibility index (Phi) is 4.52. The molecule has 0 radical (unpaired) electrons. The van der Waals surface area contributed by atoms with Crippen LogP contribution in [0.4, 0.5) is 0 Å². The van der Waals surface area contributed by atoms with Crippen molar-refractivity contribution < 1.29 is 19.1 Å². The van der Waals surface area contributed by atoms with Crippen molar-refractivity contribution in [2.75, 3.05) is 7.11 Å². The molecule has 0 aromatic rings. The number of esters is 2. The summed E-state index contributed by atoms with van der Waals surface area (Å²) in [5, 5.41) is 0. The molecule has 1 aliphatic rings. The maximum atomic E-state index is 11.5. The lowest BCUT2D eigenvalue weighted by Gasteiger charge is -2.26. The summed E-state index contributed by atoms with van der Waals surface area (Å²) in [6, 6.07) is 0. The number of carbonyl (C=O) groups excluding carboxylic acids is 2. The second-order valence-electron chi connectivity index (χ2n) is 3.99. The third-order valence-corrected chi connectivity index (χ3v) is 2.75. The molecule has 0 saturated heterocycles. The zero-order valence-corrected chi connectivity index (χ0v) is 9.99. The van der Waals surface area contributed by atoms with Gasteiger partial charge in [0.05, 0.1) is 13.0 Å². The summed E-state index contributed by atoms with van der Waals surface area (Å²) < 4.78 is 9.85. The van der Waals surface area contributed by atoms with Gasteiger partial charge in [-0.05, 0) is 18.9 Å². The Labute approximate surface area is 95.6 Å². The van der Waals surface area contributed by atoms with Crippen LogP contribution in [0.2, 0.25) is 0 Å². The van der Waals surface area contributed by atoms with Crippen molar-refractivity contribution >= 4 is 11.9 Å². The molecule has 0 bridgehead atoms. The van der Waals surface area contributed by atoms with Gasteiger partial charge in [0.25, 0.3) is 0 Å². The molecule has 0 heterocycles. The fraction of sp³-hybridized carbons (Fsp3) is 0.667. The number of allylic oxidation sites excluding steroid dienone is 1. The highest BCUT2D eigenvalue weighted by Gasteiger charge is 2.29. The lowest BCUT2D eigenvalue weighted by atomic mass is 9.86. The first-order valence-electron chi connectivity index (χ1n) is 5.51. The van der Waals surface area contributed by atoms with Gasteiger partial charge in [0, 0.05) is 13.3 Å². The molecule has 16 heavy (non-hydrogen) atoms. The van der Waals surface area contributed by atoms with E-state index >= 15 is 0 Å². The Hall–Kier alpha value is -1.32. The smallest absolute Gasteiger partial charge is 0.309 e. The molecule has 90 valence electrons. The van der Waals surface area contributed by atoms with Gasteiger partial charge in [0.1, 0.15) is 6.10 Å². The molecular formula is C12H18O4. The molecule has 4 heteroatoms. The summed E-state index contributed by atoms with van der Waals surface area (Å²) in [4.78, 5) is 22.4. The van der Waals surface area contributed by atoms with Gasteiger partial charge in [-0.25, -0.2) is 0 Å². The van der Waals surface area contributed by atoms with E-state index in [1.165, 1.54) is 14.0 Å². The Balaban J connectivity index is 2.72. The first-order chi connectivity index (χ1) is 7.56. The van der Waals surface area contributed by atoms with Crippen molar-refractivity contribution in [2.45, 2.75) is 39.2 Å². The van der Waals surface area contributed by atoms with E-state index in [2.05, 4.69) is 0 Å². The summed E-state index contributed by atoms with van der Waals surface area (Å²) in [6.45, 7) is 3.40. The second-order valence-corrected chi connectivity index (χ2v) is 3.99. The van der Waals surface area contributed by atoms with Crippen LogP contribution in [0.25, 0.3) is 0 Å². The molecule has 0 amide bonds. The van der Waals surface area contributed by atoms with Crippen LogP contribution < -0.4 is 0 Å². The number of hydrogen-bond acceptors (Lipinski definition) is 4. The highest BCUT2D eigenvalue weighted by atomic mass is 16.5. The molecule has 1 rings (SSSR count). The van der Waals surface area contributed by atoms with Gasteiger partial charge in [-0.1, -0.05) is 12.5 Å². The van der Waals surface area contributed by atoms with Gasteiger partial charge in [-0.3, -0.25) is 9.59 Å². The molecular weight excluding hydrogens is 208 g/mol. The number of carbonyl (C=O) groups is 2. The van der Waals surface area contributed by atoms with Crippen LogP contribution in [0.1, 0.15) is 33.1 Å². The molecule has 0 aliphatic heterocycles. The van der Waals surface area contributed by atoms with Gasteiger partial charge < -0.3 is 9.47 Å². The average Bonchev–Trinajstić information content (AvgIpc) is 2.26. The van der Waals surface area contributed by atoms with E-state index in [1.54, 1.807) is 0 Å². The van der Waals surface area contributed by atoms with Crippen LogP contribution in [-0.2, 0) is 19.1 Å². The topological polar surface area (TPSA) is 52.6 Å². The SMILES string of the molecule is CCC1=CC(OC(C)=O)CC(C(=O)OC)C1. The van der Waals surface area contributed by atoms with Crippen LogP contribution >= 0.6 is 0 Å². The van der Waals surface area contributed by atoms with Crippen molar-refractivity contribution in [2.24, 2.45) is 5.92 Å². The summed E-state index contributed by atoms with van der Waals surface area (Å²) >= 11 is 0. The number of ether oxygens (including phenoxy) is 2. The molecule has 0 aromatic carbocycles. The standard InChI is InChI=1S/C12H18O4/c1-4-9-5-10(12(14)15-3)7-11(6-9)16-8(2)13/h6,10-11H,4-5,7H2,1-3H3. The Bertz CT molecular complexity index is 306. The van der Waals surface area contributed by atoms with Crippen LogP contribution in [0, 0.1) is 5.92 Å². The molecule has 1 aliphatic carbocycles. The highest BCUT2D eigenvalue weighted by Crippen LogP contribution is 2.28. The minimum Gasteiger partial charge on any atom is -0.469 e. The quantitative estimate of drug-likeness (QED) is 0.544. The third-order valence-electron chi connectivity index (χ3n) is 2.75. The summed E-state index contributed by atoms with van der Waals surface area (Å²) in [6.07, 6.45) is 3.76. The van der Waals surface area contributed by atoms with E-state index < -0.39 is 0 Å². The number of methoxy groups -OCH3 is 1. The summed E-state index contributed by atoms with van der Waals surface area (Å²) in [5.74, 6) is -0.729. The normalized spacial score (nSPS) is 24.6. The number of rotatable bonds is 3. The first kappa shape index (κ1) is 12.7. The Morgan fingerprint density at radius 3 is 2.69 bits per heavy atom. The van der Waals surface area contributed by atoms with Gasteiger partial charge in [-0.15, -0.1) is 0 Å². The highest BCUT2D eigenvalue weighted by molar-refractivity contribution is 5.73. The van der Waals surface area contributed by atoms with Crippen LogP contribution in [-0.4, -0.2) is 25.2 Å². The fourth-order valence-electron chi connectivity index (χ4n) is 1.98. The van der Waals surface area contributed by atoms with E-state index in [0.717, 1.165) is 12.0 Å². The molecule has 4 nitrogen and oxygen atoms in total. The van der Waals surface area contributed by atoms with Crippen molar-refractivity contribution in [3.05, 3.63) is 11.6 Å². The van der Waals surface area contributed by atoms with Crippen LogP contribution in [0.3, 0.4) is 0 Å². The molecule has 0 fully saturated rings. The third kappa shape index (κ3) is 3.36. The zero-order chi connectivity index (χ0) is 12.1. The monoisotopic (exact) mass is 226 g/mol. The predicted molar refractivity (Wildman–Crippen MR) is 58.7 cm³/mol. The molecule has 0 N–H and O–H groups in total. The van der Waals surface area contributed by atoms with Gasteiger partial charge in [0.15, 0.2) is 0 Å². The van der Waals surface area contributed by atoms with E-state index in [-0.39, 0.29) is 24.0 Å². The molecule has 0 aromatic heterocycles. The maximum absolute atomic E-state index is 11.5. The lowest BCUT2D eigenvalue weighted by Crippen LogP contribution is -2.28. The van der Waals surface area contributed by atoms with Crippen LogP contribution in [0.5, 0.6) is 0 Å². The molecule has 0 saturated carbocycles. The van der Waals surface area contributed by atoms with E-state index in [4.69, 9.17) is 9.47 Å². The van der Waals surface area contributed by atoms with E-state index in [0.29, 0.717) is 12.8 Å². The molecule has 2 atom stereocenters. The minimum absolute atomic E-state index is 0.186. The van der Waals surface area contributed by atoms with Gasteiger partial charge in [-0.2, -0.15) is 0 Å². The molecule has 2 unspecified atom stereocenters. The Morgan fingerprint density at radius 2 is 2.19 bits per heavy atom. The summed E-state index contributed by atoms with van der Waals surface area (Å²) in [7, 11) is 1.38. The van der Waals surface area contributed by atoms with E-state index in [1.807, 2.05) is 13.0 Å².